The molecule has 4 rings (SSSR count). The molecular formula is C24H27N5O2. The fourth-order valence-corrected chi connectivity index (χ4v) is 3.94. The molecule has 0 bridgehead atoms. The van der Waals surface area contributed by atoms with Gasteiger partial charge in [-0.25, -0.2) is 9.67 Å². The van der Waals surface area contributed by atoms with E-state index in [1.165, 1.54) is 0 Å². The molecule has 31 heavy (non-hydrogen) atoms. The molecule has 7 heteroatoms. The number of aryl methyl sites for hydroxylation is 4. The topological polar surface area (TPSA) is 74.0 Å². The third-order valence-corrected chi connectivity index (χ3v) is 5.41. The van der Waals surface area contributed by atoms with Crippen LogP contribution in [0.25, 0.3) is 16.9 Å². The van der Waals surface area contributed by atoms with Gasteiger partial charge in [0.25, 0.3) is 0 Å². The van der Waals surface area contributed by atoms with Crippen LogP contribution in [0.1, 0.15) is 28.2 Å². The zero-order chi connectivity index (χ0) is 22.1. The molecule has 7 nitrogen and oxygen atoms in total. The lowest BCUT2D eigenvalue weighted by atomic mass is 10.1. The van der Waals surface area contributed by atoms with Crippen LogP contribution < -0.4 is 10.1 Å². The van der Waals surface area contributed by atoms with Gasteiger partial charge in [-0.2, -0.15) is 5.10 Å². The van der Waals surface area contributed by atoms with Crippen LogP contribution in [-0.4, -0.2) is 32.3 Å². The molecular weight excluding hydrogens is 390 g/mol. The molecule has 0 fully saturated rings. The first-order valence-corrected chi connectivity index (χ1v) is 10.3. The van der Waals surface area contributed by atoms with E-state index in [9.17, 15) is 4.79 Å². The predicted octanol–water partition coefficient (Wildman–Crippen LogP) is 3.78. The van der Waals surface area contributed by atoms with E-state index in [2.05, 4.69) is 48.9 Å². The van der Waals surface area contributed by atoms with Crippen LogP contribution in [0.2, 0.25) is 0 Å². The molecule has 0 spiro atoms. The second kappa shape index (κ2) is 8.26. The van der Waals surface area contributed by atoms with Crippen molar-refractivity contribution in [3.8, 4) is 11.6 Å². The van der Waals surface area contributed by atoms with Crippen molar-refractivity contribution < 1.29 is 9.53 Å². The summed E-state index contributed by atoms with van der Waals surface area (Å²) in [6, 6.07) is 13.8. The van der Waals surface area contributed by atoms with Crippen molar-refractivity contribution in [3.63, 3.8) is 0 Å². The number of nitrogens with one attached hydrogen (secondary N) is 1. The van der Waals surface area contributed by atoms with Gasteiger partial charge in [-0.3, -0.25) is 4.79 Å². The summed E-state index contributed by atoms with van der Waals surface area (Å²) in [6.07, 6.45) is 0. The minimum Gasteiger partial charge on any atom is -0.497 e. The molecule has 1 aromatic carbocycles. The van der Waals surface area contributed by atoms with Crippen LogP contribution in [-0.2, 0) is 17.9 Å². The molecule has 0 atom stereocenters. The molecule has 3 heterocycles. The number of hydrogen-bond donors (Lipinski definition) is 1. The van der Waals surface area contributed by atoms with Gasteiger partial charge in [0.05, 0.1) is 12.5 Å². The first-order chi connectivity index (χ1) is 14.9. The third kappa shape index (κ3) is 4.03. The van der Waals surface area contributed by atoms with Crippen molar-refractivity contribution in [2.45, 2.75) is 40.8 Å². The maximum absolute atomic E-state index is 12.7. The van der Waals surface area contributed by atoms with Crippen LogP contribution in [0.3, 0.4) is 0 Å². The van der Waals surface area contributed by atoms with E-state index in [4.69, 9.17) is 14.8 Å². The van der Waals surface area contributed by atoms with Gasteiger partial charge in [0.1, 0.15) is 12.3 Å². The zero-order valence-electron chi connectivity index (χ0n) is 18.6. The number of benzene rings is 1. The summed E-state index contributed by atoms with van der Waals surface area (Å²) in [5.41, 5.74) is 5.86. The van der Waals surface area contributed by atoms with Crippen LogP contribution in [0, 0.1) is 27.7 Å². The summed E-state index contributed by atoms with van der Waals surface area (Å²) in [5, 5.41) is 8.75. The fourth-order valence-electron chi connectivity index (χ4n) is 3.94. The summed E-state index contributed by atoms with van der Waals surface area (Å²) in [7, 11) is 1.63. The maximum atomic E-state index is 12.7. The van der Waals surface area contributed by atoms with Crippen molar-refractivity contribution in [1.29, 1.82) is 0 Å². The van der Waals surface area contributed by atoms with E-state index < -0.39 is 0 Å². The van der Waals surface area contributed by atoms with E-state index in [0.29, 0.717) is 6.54 Å². The highest BCUT2D eigenvalue weighted by molar-refractivity contribution is 5.88. The molecule has 0 radical (unpaired) electrons. The number of nitrogens with zero attached hydrogens (tertiary/aromatic N) is 4. The van der Waals surface area contributed by atoms with Crippen molar-refractivity contribution in [2.75, 3.05) is 7.11 Å². The molecule has 0 unspecified atom stereocenters. The number of aromatic nitrogens is 4. The average molecular weight is 418 g/mol. The fraction of sp³-hybridized carbons (Fsp3) is 0.292. The number of amides is 1. The van der Waals surface area contributed by atoms with Gasteiger partial charge in [0.15, 0.2) is 11.5 Å². The Morgan fingerprint density at radius 2 is 1.81 bits per heavy atom. The lowest BCUT2D eigenvalue weighted by Gasteiger charge is -2.08. The van der Waals surface area contributed by atoms with E-state index in [1.807, 2.05) is 31.2 Å². The number of ether oxygens (including phenoxy) is 1. The Balaban J connectivity index is 1.65. The second-order valence-electron chi connectivity index (χ2n) is 7.84. The third-order valence-electron chi connectivity index (χ3n) is 5.41. The molecule has 0 saturated heterocycles. The summed E-state index contributed by atoms with van der Waals surface area (Å²) < 4.78 is 9.05. The molecule has 4 aromatic rings. The van der Waals surface area contributed by atoms with Gasteiger partial charge in [-0.05, 0) is 69.2 Å². The smallest absolute Gasteiger partial charge is 0.242 e. The first-order valence-electron chi connectivity index (χ1n) is 10.3. The minimum absolute atomic E-state index is 0.0930. The number of rotatable bonds is 6. The van der Waals surface area contributed by atoms with E-state index in [1.54, 1.807) is 11.8 Å². The van der Waals surface area contributed by atoms with Crippen molar-refractivity contribution in [3.05, 3.63) is 70.7 Å². The highest BCUT2D eigenvalue weighted by Gasteiger charge is 2.19. The Morgan fingerprint density at radius 3 is 2.52 bits per heavy atom. The second-order valence-corrected chi connectivity index (χ2v) is 7.84. The standard InChI is InChI=1S/C24H27N5O2/c1-15-11-16(2)26-23-22(15)24(29-17(3)9-10-18(29)4)27-28(23)14-21(30)25-13-19-7-6-8-20(12-19)31-5/h6-12H,13-14H2,1-5H3,(H,25,30). The summed E-state index contributed by atoms with van der Waals surface area (Å²) in [4.78, 5) is 17.5. The van der Waals surface area contributed by atoms with Crippen molar-refractivity contribution in [2.24, 2.45) is 0 Å². The normalized spacial score (nSPS) is 11.1. The summed E-state index contributed by atoms with van der Waals surface area (Å²) in [5.74, 6) is 1.45. The molecule has 3 aromatic heterocycles. The molecule has 0 aliphatic carbocycles. The van der Waals surface area contributed by atoms with Crippen LogP contribution >= 0.6 is 0 Å². The highest BCUT2D eigenvalue weighted by atomic mass is 16.5. The number of carbonyl (C=O) groups excluding carboxylic acids is 1. The number of methoxy groups -OCH3 is 1. The first kappa shape index (κ1) is 20.7. The van der Waals surface area contributed by atoms with E-state index in [0.717, 1.165) is 50.8 Å². The average Bonchev–Trinajstić information content (AvgIpc) is 3.25. The molecule has 1 amide bonds. The Hall–Kier alpha value is -3.61. The van der Waals surface area contributed by atoms with Crippen LogP contribution in [0.5, 0.6) is 5.75 Å². The van der Waals surface area contributed by atoms with E-state index in [-0.39, 0.29) is 12.5 Å². The van der Waals surface area contributed by atoms with Gasteiger partial charge in [0, 0.05) is 23.6 Å². The van der Waals surface area contributed by atoms with Gasteiger partial charge in [0.2, 0.25) is 5.91 Å². The van der Waals surface area contributed by atoms with Gasteiger partial charge < -0.3 is 14.6 Å². The van der Waals surface area contributed by atoms with Gasteiger partial charge >= 0.3 is 0 Å². The highest BCUT2D eigenvalue weighted by Crippen LogP contribution is 2.27. The Kier molecular flexibility index (Phi) is 5.50. The number of carbonyl (C=O) groups is 1. The number of pyridine rings is 1. The minimum atomic E-state index is -0.124. The molecule has 1 N–H and O–H groups in total. The Morgan fingerprint density at radius 1 is 1.06 bits per heavy atom. The van der Waals surface area contributed by atoms with Gasteiger partial charge in [-0.15, -0.1) is 0 Å². The predicted molar refractivity (Wildman–Crippen MR) is 121 cm³/mol. The zero-order valence-corrected chi connectivity index (χ0v) is 18.6. The quantitative estimate of drug-likeness (QED) is 0.518. The summed E-state index contributed by atoms with van der Waals surface area (Å²) in [6.45, 7) is 8.63. The van der Waals surface area contributed by atoms with Crippen molar-refractivity contribution >= 4 is 16.9 Å². The molecule has 0 aliphatic heterocycles. The maximum Gasteiger partial charge on any atom is 0.242 e. The molecule has 0 aliphatic rings. The largest absolute Gasteiger partial charge is 0.497 e. The lowest BCUT2D eigenvalue weighted by Crippen LogP contribution is -2.27. The lowest BCUT2D eigenvalue weighted by molar-refractivity contribution is -0.121. The van der Waals surface area contributed by atoms with E-state index >= 15 is 0 Å². The molecule has 160 valence electrons. The Labute approximate surface area is 181 Å². The molecule has 0 saturated carbocycles. The van der Waals surface area contributed by atoms with Crippen LogP contribution in [0.4, 0.5) is 0 Å². The van der Waals surface area contributed by atoms with Crippen LogP contribution in [0.15, 0.2) is 42.5 Å². The monoisotopic (exact) mass is 417 g/mol. The van der Waals surface area contributed by atoms with Crippen molar-refractivity contribution in [1.82, 2.24) is 24.6 Å². The number of fused-ring (bicyclic) bond motifs is 1. The SMILES string of the molecule is COc1cccc(CNC(=O)Cn2nc(-n3c(C)ccc3C)c3c(C)cc(C)nc32)c1. The Bertz CT molecular complexity index is 1250. The van der Waals surface area contributed by atoms with Gasteiger partial charge in [-0.1, -0.05) is 12.1 Å². The summed E-state index contributed by atoms with van der Waals surface area (Å²) >= 11 is 0. The number of hydrogen-bond acceptors (Lipinski definition) is 4.